The molecule has 0 bridgehead atoms. The van der Waals surface area contributed by atoms with E-state index in [0.717, 1.165) is 0 Å². The maximum Gasteiger partial charge on any atom is 0.374 e. The first kappa shape index (κ1) is 11.0. The second-order valence-corrected chi connectivity index (χ2v) is 2.07. The highest BCUT2D eigenvalue weighted by atomic mass is 35.5. The van der Waals surface area contributed by atoms with E-state index in [1.54, 1.807) is 0 Å². The molecule has 0 radical (unpaired) electrons. The Hall–Kier alpha value is -0.970. The molecule has 0 amide bonds. The third kappa shape index (κ3) is 4.02. The van der Waals surface area contributed by atoms with Crippen LogP contribution in [0, 0.1) is 0 Å². The van der Waals surface area contributed by atoms with Crippen molar-refractivity contribution in [3.63, 3.8) is 0 Å². The van der Waals surface area contributed by atoms with Crippen molar-refractivity contribution in [2.75, 3.05) is 0 Å². The second-order valence-electron chi connectivity index (χ2n) is 1.59. The Balaban J connectivity index is 4.36. The predicted molar refractivity (Wildman–Crippen MR) is 36.3 cm³/mol. The molecule has 0 aromatic rings. The van der Waals surface area contributed by atoms with Gasteiger partial charge in [-0.15, -0.1) is 0 Å². The monoisotopic (exact) mass is 200 g/mol. The molecule has 0 saturated heterocycles. The smallest absolute Gasteiger partial charge is 0.374 e. The predicted octanol–water partition coefficient (Wildman–Crippen LogP) is 2.36. The Bertz CT molecular complexity index is 219. The number of hydrogen-bond donors (Lipinski definition) is 0. The van der Waals surface area contributed by atoms with Crippen LogP contribution in [0.5, 0.6) is 0 Å². The molecule has 12 heavy (non-hydrogen) atoms. The van der Waals surface area contributed by atoms with Gasteiger partial charge in [0.2, 0.25) is 0 Å². The maximum absolute atomic E-state index is 12.1. The fourth-order valence-corrected chi connectivity index (χ4v) is 0.356. The zero-order chi connectivity index (χ0) is 9.78. The lowest BCUT2D eigenvalue weighted by atomic mass is 10.5. The summed E-state index contributed by atoms with van der Waals surface area (Å²) in [6, 6.07) is 0. The SMILES string of the molecule is C=COC(=O)C=C(F)C(F)(F)Cl. The molecule has 0 aliphatic rings. The minimum Gasteiger partial charge on any atom is -0.432 e. The molecule has 0 aromatic carbocycles. The normalized spacial score (nSPS) is 12.5. The summed E-state index contributed by atoms with van der Waals surface area (Å²) in [5.74, 6) is -3.38. The van der Waals surface area contributed by atoms with E-state index in [1.807, 2.05) is 0 Å². The Morgan fingerprint density at radius 1 is 1.58 bits per heavy atom. The van der Waals surface area contributed by atoms with Crippen molar-refractivity contribution in [3.05, 3.63) is 24.7 Å². The van der Waals surface area contributed by atoms with E-state index in [9.17, 15) is 18.0 Å². The number of carbonyl (C=O) groups excluding carboxylic acids is 1. The summed E-state index contributed by atoms with van der Waals surface area (Å²) in [5, 5.41) is -4.18. The van der Waals surface area contributed by atoms with Crippen LogP contribution in [0.4, 0.5) is 13.2 Å². The molecule has 0 unspecified atom stereocenters. The quantitative estimate of drug-likeness (QED) is 0.303. The molecule has 0 heterocycles. The third-order valence-electron chi connectivity index (χ3n) is 0.715. The molecular formula is C6H4ClF3O2. The van der Waals surface area contributed by atoms with Gasteiger partial charge in [-0.05, 0) is 11.6 Å². The number of ether oxygens (including phenoxy) is 1. The number of alkyl halides is 3. The maximum atomic E-state index is 12.1. The fraction of sp³-hybridized carbons (Fsp3) is 0.167. The van der Waals surface area contributed by atoms with Crippen molar-refractivity contribution in [2.24, 2.45) is 0 Å². The first-order chi connectivity index (χ1) is 5.38. The number of halogens is 4. The molecule has 0 aliphatic heterocycles. The van der Waals surface area contributed by atoms with Crippen LogP contribution in [0.25, 0.3) is 0 Å². The number of carbonyl (C=O) groups is 1. The molecule has 0 saturated carbocycles. The van der Waals surface area contributed by atoms with Crippen LogP contribution in [-0.2, 0) is 9.53 Å². The largest absolute Gasteiger partial charge is 0.432 e. The molecule has 2 nitrogen and oxygen atoms in total. The van der Waals surface area contributed by atoms with E-state index < -0.39 is 17.2 Å². The highest BCUT2D eigenvalue weighted by molar-refractivity contribution is 6.23. The van der Waals surface area contributed by atoms with Crippen molar-refractivity contribution in [2.45, 2.75) is 5.38 Å². The number of hydrogen-bond acceptors (Lipinski definition) is 2. The van der Waals surface area contributed by atoms with E-state index in [4.69, 9.17) is 0 Å². The number of rotatable bonds is 3. The molecule has 0 spiro atoms. The van der Waals surface area contributed by atoms with E-state index in [0.29, 0.717) is 6.26 Å². The van der Waals surface area contributed by atoms with E-state index in [1.165, 1.54) is 0 Å². The second kappa shape index (κ2) is 4.15. The minimum atomic E-state index is -4.18. The summed E-state index contributed by atoms with van der Waals surface area (Å²) in [7, 11) is 0. The van der Waals surface area contributed by atoms with Crippen LogP contribution < -0.4 is 0 Å². The average Bonchev–Trinajstić information content (AvgIpc) is 1.85. The lowest BCUT2D eigenvalue weighted by Crippen LogP contribution is -2.08. The van der Waals surface area contributed by atoms with Gasteiger partial charge < -0.3 is 4.74 Å². The summed E-state index contributed by atoms with van der Waals surface area (Å²) in [6.07, 6.45) is 0.618. The van der Waals surface area contributed by atoms with Gasteiger partial charge in [-0.2, -0.15) is 8.78 Å². The Morgan fingerprint density at radius 3 is 2.42 bits per heavy atom. The lowest BCUT2D eigenvalue weighted by molar-refractivity contribution is -0.132. The van der Waals surface area contributed by atoms with Gasteiger partial charge in [-0.3, -0.25) is 0 Å². The summed E-state index contributed by atoms with van der Waals surface area (Å²) >= 11 is 4.22. The van der Waals surface area contributed by atoms with Gasteiger partial charge in [0.25, 0.3) is 0 Å². The highest BCUT2D eigenvalue weighted by Gasteiger charge is 2.32. The summed E-state index contributed by atoms with van der Waals surface area (Å²) in [6.45, 7) is 2.95. The van der Waals surface area contributed by atoms with Crippen molar-refractivity contribution in [1.82, 2.24) is 0 Å². The molecule has 6 heteroatoms. The van der Waals surface area contributed by atoms with Gasteiger partial charge in [-0.1, -0.05) is 6.58 Å². The first-order valence-electron chi connectivity index (χ1n) is 2.64. The van der Waals surface area contributed by atoms with Crippen molar-refractivity contribution in [1.29, 1.82) is 0 Å². The van der Waals surface area contributed by atoms with Crippen LogP contribution in [0.1, 0.15) is 0 Å². The fourth-order valence-electron chi connectivity index (χ4n) is 0.301. The van der Waals surface area contributed by atoms with Gasteiger partial charge >= 0.3 is 11.4 Å². The van der Waals surface area contributed by atoms with Crippen molar-refractivity contribution < 1.29 is 22.7 Å². The zero-order valence-corrected chi connectivity index (χ0v) is 6.45. The van der Waals surface area contributed by atoms with Gasteiger partial charge in [0, 0.05) is 0 Å². The van der Waals surface area contributed by atoms with Gasteiger partial charge in [0.05, 0.1) is 12.3 Å². The van der Waals surface area contributed by atoms with Gasteiger partial charge in [-0.25, -0.2) is 9.18 Å². The van der Waals surface area contributed by atoms with Crippen molar-refractivity contribution >= 4 is 17.6 Å². The zero-order valence-electron chi connectivity index (χ0n) is 5.69. The molecule has 0 aliphatic carbocycles. The summed E-state index contributed by atoms with van der Waals surface area (Å²) in [4.78, 5) is 10.3. The third-order valence-corrected chi connectivity index (χ3v) is 0.895. The Morgan fingerprint density at radius 2 is 2.08 bits per heavy atom. The standard InChI is InChI=1S/C6H4ClF3O2/c1-2-12-5(11)3-4(8)6(7,9)10/h2-3H,1H2. The Kier molecular flexibility index (Phi) is 3.82. The Labute approximate surface area is 71.3 Å². The van der Waals surface area contributed by atoms with Crippen molar-refractivity contribution in [3.8, 4) is 0 Å². The average molecular weight is 201 g/mol. The molecule has 0 fully saturated rings. The highest BCUT2D eigenvalue weighted by Crippen LogP contribution is 2.29. The van der Waals surface area contributed by atoms with Gasteiger partial charge in [0.1, 0.15) is 0 Å². The molecule has 68 valence electrons. The summed E-state index contributed by atoms with van der Waals surface area (Å²) < 4.78 is 39.7. The number of allylic oxidation sites excluding steroid dienone is 1. The lowest BCUT2D eigenvalue weighted by Gasteiger charge is -2.02. The van der Waals surface area contributed by atoms with Crippen LogP contribution >= 0.6 is 11.6 Å². The topological polar surface area (TPSA) is 26.3 Å². The van der Waals surface area contributed by atoms with Gasteiger partial charge in [0.15, 0.2) is 5.83 Å². The van der Waals surface area contributed by atoms with E-state index >= 15 is 0 Å². The minimum absolute atomic E-state index is 0.0608. The first-order valence-corrected chi connectivity index (χ1v) is 3.01. The van der Waals surface area contributed by atoms with E-state index in [2.05, 4.69) is 22.9 Å². The molecule has 0 N–H and O–H groups in total. The van der Waals surface area contributed by atoms with Crippen LogP contribution in [0.3, 0.4) is 0 Å². The molecule has 0 rings (SSSR count). The van der Waals surface area contributed by atoms with Crippen LogP contribution in [0.15, 0.2) is 24.7 Å². The van der Waals surface area contributed by atoms with Crippen LogP contribution in [-0.4, -0.2) is 11.4 Å². The number of esters is 1. The van der Waals surface area contributed by atoms with Crippen LogP contribution in [0.2, 0.25) is 0 Å². The summed E-state index contributed by atoms with van der Waals surface area (Å²) in [5.41, 5.74) is 0. The van der Waals surface area contributed by atoms with E-state index in [-0.39, 0.29) is 6.08 Å². The molecule has 0 atom stereocenters. The molecule has 0 aromatic heterocycles. The molecular weight excluding hydrogens is 197 g/mol.